The van der Waals surface area contributed by atoms with E-state index in [0.29, 0.717) is 22.1 Å². The first-order valence-electron chi connectivity index (χ1n) is 6.78. The molecule has 4 N–H and O–H groups in total. The Kier molecular flexibility index (Phi) is 4.59. The van der Waals surface area contributed by atoms with E-state index in [1.807, 2.05) is 0 Å². The number of carbonyl (C=O) groups is 1. The highest BCUT2D eigenvalue weighted by Crippen LogP contribution is 2.17. The zero-order valence-corrected chi connectivity index (χ0v) is 13.6. The molecule has 2 aromatic heterocycles. The SMILES string of the molecule is O=C(NNC(=S)Nc1ccc(F)cc1)c1cc2cc(Cl)cnc2[nH]1. The average Bonchev–Trinajstić information content (AvgIpc) is 2.98. The number of benzene rings is 1. The number of carbonyl (C=O) groups excluding carboxylic acids is 1. The van der Waals surface area contributed by atoms with Crippen LogP contribution in [0, 0.1) is 5.82 Å². The van der Waals surface area contributed by atoms with Crippen LogP contribution in [0.1, 0.15) is 10.5 Å². The summed E-state index contributed by atoms with van der Waals surface area (Å²) in [5.74, 6) is -0.771. The summed E-state index contributed by atoms with van der Waals surface area (Å²) in [4.78, 5) is 19.1. The maximum atomic E-state index is 12.8. The van der Waals surface area contributed by atoms with Gasteiger partial charge in [-0.15, -0.1) is 0 Å². The van der Waals surface area contributed by atoms with E-state index in [4.69, 9.17) is 23.8 Å². The molecular formula is C15H11ClFN5OS. The predicted molar refractivity (Wildman–Crippen MR) is 94.3 cm³/mol. The third-order valence-electron chi connectivity index (χ3n) is 3.07. The number of aromatic amines is 1. The van der Waals surface area contributed by atoms with Gasteiger partial charge in [-0.3, -0.25) is 15.6 Å². The lowest BCUT2D eigenvalue weighted by molar-refractivity contribution is 0.0940. The molecule has 0 aliphatic heterocycles. The molecule has 0 atom stereocenters. The molecule has 6 nitrogen and oxygen atoms in total. The van der Waals surface area contributed by atoms with Gasteiger partial charge in [0.2, 0.25) is 0 Å². The van der Waals surface area contributed by atoms with Gasteiger partial charge < -0.3 is 10.3 Å². The third-order valence-corrected chi connectivity index (χ3v) is 3.48. The summed E-state index contributed by atoms with van der Waals surface area (Å²) < 4.78 is 12.8. The zero-order chi connectivity index (χ0) is 17.1. The quantitative estimate of drug-likeness (QED) is 0.415. The summed E-state index contributed by atoms with van der Waals surface area (Å²) in [5, 5.41) is 4.17. The first kappa shape index (κ1) is 16.2. The summed E-state index contributed by atoms with van der Waals surface area (Å²) in [7, 11) is 0. The molecule has 0 aliphatic rings. The highest BCUT2D eigenvalue weighted by molar-refractivity contribution is 7.80. The number of thiocarbonyl (C=S) groups is 1. The lowest BCUT2D eigenvalue weighted by Crippen LogP contribution is -2.43. The number of hydrogen-bond donors (Lipinski definition) is 4. The van der Waals surface area contributed by atoms with Crippen LogP contribution in [-0.2, 0) is 0 Å². The van der Waals surface area contributed by atoms with Crippen LogP contribution in [-0.4, -0.2) is 21.0 Å². The van der Waals surface area contributed by atoms with Crippen molar-refractivity contribution in [2.45, 2.75) is 0 Å². The van der Waals surface area contributed by atoms with Gasteiger partial charge >= 0.3 is 0 Å². The molecule has 0 fully saturated rings. The van der Waals surface area contributed by atoms with Crippen LogP contribution in [0.2, 0.25) is 5.02 Å². The Balaban J connectivity index is 1.59. The zero-order valence-electron chi connectivity index (χ0n) is 12.1. The first-order chi connectivity index (χ1) is 11.5. The number of rotatable bonds is 2. The summed E-state index contributed by atoms with van der Waals surface area (Å²) in [6.45, 7) is 0. The van der Waals surface area contributed by atoms with Crippen molar-refractivity contribution in [2.75, 3.05) is 5.32 Å². The minimum Gasteiger partial charge on any atom is -0.335 e. The van der Waals surface area contributed by atoms with E-state index in [1.165, 1.54) is 30.5 Å². The largest absolute Gasteiger partial charge is 0.335 e. The number of hydrogen-bond acceptors (Lipinski definition) is 3. The van der Waals surface area contributed by atoms with Gasteiger partial charge in [0.15, 0.2) is 5.11 Å². The van der Waals surface area contributed by atoms with Crippen molar-refractivity contribution in [3.63, 3.8) is 0 Å². The standard InChI is InChI=1S/C15H11ClFN5OS/c16-9-5-8-6-12(20-13(8)18-7-9)14(23)21-22-15(24)19-11-3-1-10(17)2-4-11/h1-7H,(H,18,20)(H,21,23)(H2,19,22,24). The molecule has 0 aliphatic carbocycles. The maximum Gasteiger partial charge on any atom is 0.286 e. The second-order valence-corrected chi connectivity index (χ2v) is 5.66. The van der Waals surface area contributed by atoms with Crippen LogP contribution in [0.5, 0.6) is 0 Å². The van der Waals surface area contributed by atoms with Gasteiger partial charge in [-0.2, -0.15) is 0 Å². The van der Waals surface area contributed by atoms with Gasteiger partial charge in [0, 0.05) is 17.3 Å². The molecule has 2 heterocycles. The van der Waals surface area contributed by atoms with Crippen LogP contribution in [0.15, 0.2) is 42.6 Å². The van der Waals surface area contributed by atoms with Gasteiger partial charge in [0.1, 0.15) is 17.2 Å². The van der Waals surface area contributed by atoms with Crippen molar-refractivity contribution in [2.24, 2.45) is 0 Å². The van der Waals surface area contributed by atoms with Crippen molar-refractivity contribution in [3.8, 4) is 0 Å². The number of hydrazine groups is 1. The third kappa shape index (κ3) is 3.79. The van der Waals surface area contributed by atoms with E-state index in [1.54, 1.807) is 12.1 Å². The molecule has 0 bridgehead atoms. The fourth-order valence-corrected chi connectivity index (χ4v) is 2.32. The number of H-pyrrole nitrogens is 1. The Morgan fingerprint density at radius 3 is 2.71 bits per heavy atom. The van der Waals surface area contributed by atoms with E-state index >= 15 is 0 Å². The van der Waals surface area contributed by atoms with Crippen LogP contribution in [0.3, 0.4) is 0 Å². The molecule has 3 aromatic rings. The highest BCUT2D eigenvalue weighted by atomic mass is 35.5. The summed E-state index contributed by atoms with van der Waals surface area (Å²) in [5.41, 5.74) is 6.45. The Labute approximate surface area is 146 Å². The van der Waals surface area contributed by atoms with Gasteiger partial charge in [0.05, 0.1) is 5.02 Å². The Morgan fingerprint density at radius 2 is 1.96 bits per heavy atom. The molecule has 9 heteroatoms. The number of nitrogens with one attached hydrogen (secondary N) is 4. The molecular weight excluding hydrogens is 353 g/mol. The summed E-state index contributed by atoms with van der Waals surface area (Å²) in [6.07, 6.45) is 1.49. The fraction of sp³-hybridized carbons (Fsp3) is 0. The molecule has 24 heavy (non-hydrogen) atoms. The van der Waals surface area contributed by atoms with Crippen LogP contribution in [0.4, 0.5) is 10.1 Å². The minimum absolute atomic E-state index is 0.159. The minimum atomic E-state index is -0.424. The molecule has 0 saturated heterocycles. The van der Waals surface area contributed by atoms with Gasteiger partial charge in [0.25, 0.3) is 5.91 Å². The molecule has 3 rings (SSSR count). The number of pyridine rings is 1. The smallest absolute Gasteiger partial charge is 0.286 e. The summed E-state index contributed by atoms with van der Waals surface area (Å²) >= 11 is 10.9. The summed E-state index contributed by atoms with van der Waals surface area (Å²) in [6, 6.07) is 8.97. The van der Waals surface area contributed by atoms with Crippen LogP contribution < -0.4 is 16.2 Å². The molecule has 0 saturated carbocycles. The van der Waals surface area contributed by atoms with Gasteiger partial charge in [-0.25, -0.2) is 9.37 Å². The van der Waals surface area contributed by atoms with E-state index < -0.39 is 5.91 Å². The van der Waals surface area contributed by atoms with Crippen molar-refractivity contribution in [1.82, 2.24) is 20.8 Å². The highest BCUT2D eigenvalue weighted by Gasteiger charge is 2.10. The average molecular weight is 364 g/mol. The molecule has 1 amide bonds. The van der Waals surface area contributed by atoms with E-state index in [9.17, 15) is 9.18 Å². The lowest BCUT2D eigenvalue weighted by atomic mass is 10.3. The van der Waals surface area contributed by atoms with Crippen LogP contribution in [0.25, 0.3) is 11.0 Å². The Morgan fingerprint density at radius 1 is 1.21 bits per heavy atom. The van der Waals surface area contributed by atoms with E-state index in [-0.39, 0.29) is 10.9 Å². The number of halogens is 2. The first-order valence-corrected chi connectivity index (χ1v) is 7.57. The van der Waals surface area contributed by atoms with Crippen molar-refractivity contribution in [3.05, 3.63) is 59.1 Å². The molecule has 0 unspecified atom stereocenters. The number of aromatic nitrogens is 2. The van der Waals surface area contributed by atoms with Crippen LogP contribution >= 0.6 is 23.8 Å². The van der Waals surface area contributed by atoms with Crippen molar-refractivity contribution in [1.29, 1.82) is 0 Å². The van der Waals surface area contributed by atoms with Gasteiger partial charge in [-0.1, -0.05) is 11.6 Å². The number of nitrogens with zero attached hydrogens (tertiary/aromatic N) is 1. The maximum absolute atomic E-state index is 12.8. The number of fused-ring (bicyclic) bond motifs is 1. The lowest BCUT2D eigenvalue weighted by Gasteiger charge is -2.10. The second-order valence-electron chi connectivity index (χ2n) is 4.81. The van der Waals surface area contributed by atoms with Crippen molar-refractivity contribution < 1.29 is 9.18 Å². The van der Waals surface area contributed by atoms with E-state index in [2.05, 4.69) is 26.1 Å². The normalized spacial score (nSPS) is 10.4. The predicted octanol–water partition coefficient (Wildman–Crippen LogP) is 2.99. The molecule has 122 valence electrons. The van der Waals surface area contributed by atoms with E-state index in [0.717, 1.165) is 5.39 Å². The Bertz CT molecular complexity index is 912. The second kappa shape index (κ2) is 6.81. The van der Waals surface area contributed by atoms with Gasteiger partial charge in [-0.05, 0) is 48.6 Å². The molecule has 0 radical (unpaired) electrons. The topological polar surface area (TPSA) is 81.8 Å². The molecule has 0 spiro atoms. The fourth-order valence-electron chi connectivity index (χ4n) is 1.99. The molecule has 1 aromatic carbocycles. The monoisotopic (exact) mass is 363 g/mol. The number of anilines is 1. The number of amides is 1. The van der Waals surface area contributed by atoms with Crippen molar-refractivity contribution >= 4 is 51.6 Å². The Hall–Kier alpha value is -2.71.